The summed E-state index contributed by atoms with van der Waals surface area (Å²) in [4.78, 5) is 18.3. The second-order valence-electron chi connectivity index (χ2n) is 9.96. The van der Waals surface area contributed by atoms with Gasteiger partial charge in [0.2, 0.25) is 21.9 Å². The highest BCUT2D eigenvalue weighted by Gasteiger charge is 2.31. The average molecular weight is 579 g/mol. The zero-order chi connectivity index (χ0) is 28.3. The topological polar surface area (TPSA) is 93.5 Å². The number of carbonyl (C=O) groups excluding carboxylic acids is 1. The Labute approximate surface area is 239 Å². The summed E-state index contributed by atoms with van der Waals surface area (Å²) >= 11 is 6.07. The van der Waals surface area contributed by atoms with Crippen LogP contribution in [0.2, 0.25) is 5.02 Å². The number of halogens is 1. The smallest absolute Gasteiger partial charge is 0.243 e. The third kappa shape index (κ3) is 6.45. The third-order valence-electron chi connectivity index (χ3n) is 6.79. The molecule has 0 radical (unpaired) electrons. The maximum absolute atomic E-state index is 13.6. The van der Waals surface area contributed by atoms with Gasteiger partial charge in [-0.1, -0.05) is 53.6 Å². The molecule has 1 aromatic heterocycles. The van der Waals surface area contributed by atoms with Gasteiger partial charge in [-0.15, -0.1) is 0 Å². The number of carbonyl (C=O) groups is 1. The van der Waals surface area contributed by atoms with Crippen LogP contribution in [0, 0.1) is 13.8 Å². The Morgan fingerprint density at radius 1 is 1.07 bits per heavy atom. The number of ether oxygens (including phenoxy) is 1. The molecule has 2 heterocycles. The van der Waals surface area contributed by atoms with Crippen molar-refractivity contribution >= 4 is 33.5 Å². The number of anilines is 1. The number of amides is 1. The molecule has 1 aliphatic rings. The van der Waals surface area contributed by atoms with Crippen LogP contribution < -0.4 is 5.32 Å². The molecule has 5 rings (SSSR count). The van der Waals surface area contributed by atoms with Gasteiger partial charge in [0.1, 0.15) is 0 Å². The van der Waals surface area contributed by atoms with Gasteiger partial charge in [-0.05, 0) is 68.7 Å². The first-order chi connectivity index (χ1) is 19.2. The molecular weight excluding hydrogens is 548 g/mol. The summed E-state index contributed by atoms with van der Waals surface area (Å²) in [5.74, 6) is -0.221. The molecular formula is C30H31ClN4O4S. The Morgan fingerprint density at radius 2 is 1.82 bits per heavy atom. The zero-order valence-electron chi connectivity index (χ0n) is 22.4. The molecule has 0 aliphatic carbocycles. The number of nitrogens with one attached hydrogen (secondary N) is 1. The van der Waals surface area contributed by atoms with Crippen LogP contribution in [0.3, 0.4) is 0 Å². The summed E-state index contributed by atoms with van der Waals surface area (Å²) in [7, 11) is -3.95. The first-order valence-corrected chi connectivity index (χ1v) is 14.9. The van der Waals surface area contributed by atoms with Crippen LogP contribution in [-0.2, 0) is 19.6 Å². The Morgan fingerprint density at radius 3 is 2.50 bits per heavy atom. The third-order valence-corrected chi connectivity index (χ3v) is 8.86. The molecule has 1 N–H and O–H groups in total. The molecule has 1 saturated heterocycles. The van der Waals surface area contributed by atoms with Gasteiger partial charge in [0.15, 0.2) is 0 Å². The Hall–Kier alpha value is -3.50. The monoisotopic (exact) mass is 578 g/mol. The molecule has 40 heavy (non-hydrogen) atoms. The average Bonchev–Trinajstić information content (AvgIpc) is 3.59. The fourth-order valence-electron chi connectivity index (χ4n) is 4.65. The number of imidazole rings is 1. The summed E-state index contributed by atoms with van der Waals surface area (Å²) in [5, 5.41) is 3.47. The normalized spacial score (nSPS) is 15.4. The minimum atomic E-state index is -3.95. The fraction of sp³-hybridized carbons (Fsp3) is 0.267. The highest BCUT2D eigenvalue weighted by atomic mass is 35.5. The molecule has 0 bridgehead atoms. The summed E-state index contributed by atoms with van der Waals surface area (Å²) in [6.45, 7) is 4.16. The summed E-state index contributed by atoms with van der Waals surface area (Å²) in [5.41, 5.74) is 4.27. The standard InChI is InChI=1S/C30H31ClN4O4S/c1-21-8-14-27(15-9-21)40(37,38)34(18-26-7-4-16-39-26)20-29(36)33-30-32-28(23-10-12-24(31)13-11-23)19-35(30)25-6-3-5-22(2)17-25/h3,5-6,8-15,17,19,26H,4,7,16,18,20H2,1-2H3,(H,32,33,36). The van der Waals surface area contributed by atoms with Gasteiger partial charge in [-0.25, -0.2) is 13.4 Å². The van der Waals surface area contributed by atoms with E-state index in [1.807, 2.05) is 56.4 Å². The minimum absolute atomic E-state index is 0.0893. The lowest BCUT2D eigenvalue weighted by atomic mass is 10.2. The summed E-state index contributed by atoms with van der Waals surface area (Å²) in [6, 6.07) is 21.7. The molecule has 1 fully saturated rings. The van der Waals surface area contributed by atoms with E-state index in [2.05, 4.69) is 5.32 Å². The lowest BCUT2D eigenvalue weighted by molar-refractivity contribution is -0.116. The van der Waals surface area contributed by atoms with Crippen molar-refractivity contribution in [2.24, 2.45) is 0 Å². The van der Waals surface area contributed by atoms with E-state index in [4.69, 9.17) is 21.3 Å². The van der Waals surface area contributed by atoms with Crippen molar-refractivity contribution in [3.63, 3.8) is 0 Å². The van der Waals surface area contributed by atoms with Crippen molar-refractivity contribution in [2.75, 3.05) is 25.0 Å². The predicted octanol–water partition coefficient (Wildman–Crippen LogP) is 5.62. The van der Waals surface area contributed by atoms with Gasteiger partial charge < -0.3 is 4.74 Å². The van der Waals surface area contributed by atoms with Crippen molar-refractivity contribution in [3.8, 4) is 16.9 Å². The molecule has 3 aromatic carbocycles. The van der Waals surface area contributed by atoms with Gasteiger partial charge in [0.25, 0.3) is 0 Å². The Kier molecular flexibility index (Phi) is 8.37. The number of nitrogens with zero attached hydrogens (tertiary/aromatic N) is 3. The molecule has 10 heteroatoms. The molecule has 1 atom stereocenters. The number of aromatic nitrogens is 2. The van der Waals surface area contributed by atoms with E-state index in [0.717, 1.165) is 35.2 Å². The van der Waals surface area contributed by atoms with Crippen LogP contribution in [0.5, 0.6) is 0 Å². The number of rotatable bonds is 9. The maximum atomic E-state index is 13.6. The minimum Gasteiger partial charge on any atom is -0.377 e. The number of hydrogen-bond donors (Lipinski definition) is 1. The van der Waals surface area contributed by atoms with E-state index in [-0.39, 0.29) is 30.0 Å². The van der Waals surface area contributed by atoms with Crippen molar-refractivity contribution in [3.05, 3.63) is 95.1 Å². The molecule has 0 spiro atoms. The van der Waals surface area contributed by atoms with Crippen LogP contribution >= 0.6 is 11.6 Å². The largest absolute Gasteiger partial charge is 0.377 e. The first kappa shape index (κ1) is 28.0. The van der Waals surface area contributed by atoms with Gasteiger partial charge in [-0.2, -0.15) is 4.31 Å². The Balaban J connectivity index is 1.45. The van der Waals surface area contributed by atoms with Gasteiger partial charge in [0.05, 0.1) is 23.2 Å². The molecule has 208 valence electrons. The fourth-order valence-corrected chi connectivity index (χ4v) is 6.20. The van der Waals surface area contributed by atoms with Crippen LogP contribution in [0.15, 0.2) is 83.9 Å². The zero-order valence-corrected chi connectivity index (χ0v) is 24.0. The lowest BCUT2D eigenvalue weighted by Crippen LogP contribution is -2.42. The number of aryl methyl sites for hydroxylation is 2. The second kappa shape index (κ2) is 11.9. The van der Waals surface area contributed by atoms with E-state index in [1.54, 1.807) is 41.0 Å². The van der Waals surface area contributed by atoms with Crippen LogP contribution in [-0.4, -0.2) is 54.0 Å². The van der Waals surface area contributed by atoms with Gasteiger partial charge >= 0.3 is 0 Å². The number of sulfonamides is 1. The van der Waals surface area contributed by atoms with Gasteiger partial charge in [-0.3, -0.25) is 14.7 Å². The molecule has 1 amide bonds. The van der Waals surface area contributed by atoms with E-state index in [9.17, 15) is 13.2 Å². The summed E-state index contributed by atoms with van der Waals surface area (Å²) < 4.78 is 35.9. The summed E-state index contributed by atoms with van der Waals surface area (Å²) in [6.07, 6.45) is 3.17. The van der Waals surface area contributed by atoms with E-state index in [0.29, 0.717) is 17.3 Å². The van der Waals surface area contributed by atoms with Crippen LogP contribution in [0.1, 0.15) is 24.0 Å². The molecule has 4 aromatic rings. The molecule has 1 unspecified atom stereocenters. The molecule has 1 aliphatic heterocycles. The molecule has 8 nitrogen and oxygen atoms in total. The first-order valence-electron chi connectivity index (χ1n) is 13.1. The lowest BCUT2D eigenvalue weighted by Gasteiger charge is -2.24. The highest BCUT2D eigenvalue weighted by molar-refractivity contribution is 7.89. The van der Waals surface area contributed by atoms with E-state index < -0.39 is 15.9 Å². The van der Waals surface area contributed by atoms with Crippen molar-refractivity contribution in [1.82, 2.24) is 13.9 Å². The maximum Gasteiger partial charge on any atom is 0.243 e. The van der Waals surface area contributed by atoms with Crippen molar-refractivity contribution in [1.29, 1.82) is 0 Å². The van der Waals surface area contributed by atoms with Crippen molar-refractivity contribution < 1.29 is 17.9 Å². The van der Waals surface area contributed by atoms with Crippen LogP contribution in [0.25, 0.3) is 16.9 Å². The number of benzene rings is 3. The number of hydrogen-bond acceptors (Lipinski definition) is 5. The van der Waals surface area contributed by atoms with Crippen LogP contribution in [0.4, 0.5) is 5.95 Å². The van der Waals surface area contributed by atoms with E-state index in [1.165, 1.54) is 4.31 Å². The van der Waals surface area contributed by atoms with Crippen molar-refractivity contribution in [2.45, 2.75) is 37.7 Å². The van der Waals surface area contributed by atoms with Gasteiger partial charge in [0, 0.05) is 35.6 Å². The Bertz CT molecular complexity index is 1600. The second-order valence-corrected chi connectivity index (χ2v) is 12.3. The van der Waals surface area contributed by atoms with E-state index >= 15 is 0 Å². The SMILES string of the molecule is Cc1ccc(S(=O)(=O)N(CC(=O)Nc2nc(-c3ccc(Cl)cc3)cn2-c2cccc(C)c2)CC2CCCO2)cc1. The highest BCUT2D eigenvalue weighted by Crippen LogP contribution is 2.27. The molecule has 0 saturated carbocycles. The predicted molar refractivity (Wildman–Crippen MR) is 156 cm³/mol. The quantitative estimate of drug-likeness (QED) is 0.278.